The lowest BCUT2D eigenvalue weighted by atomic mass is 9.82. The number of thiophene rings is 2. The second-order valence-corrected chi connectivity index (χ2v) is 12.9. The third-order valence-electron chi connectivity index (χ3n) is 6.52. The fourth-order valence-electron chi connectivity index (χ4n) is 4.98. The van der Waals surface area contributed by atoms with Gasteiger partial charge in [-0.25, -0.2) is 9.97 Å². The number of aromatic nitrogens is 2. The molecule has 3 aromatic carbocycles. The van der Waals surface area contributed by atoms with Crippen molar-refractivity contribution in [2.75, 3.05) is 0 Å². The Balaban J connectivity index is 1.63. The zero-order chi connectivity index (χ0) is 23.6. The van der Waals surface area contributed by atoms with E-state index < -0.39 is 0 Å². The molecule has 0 N–H and O–H groups in total. The van der Waals surface area contributed by atoms with Crippen LogP contribution in [0.5, 0.6) is 0 Å². The summed E-state index contributed by atoms with van der Waals surface area (Å²) in [6, 6.07) is 20.3. The van der Waals surface area contributed by atoms with Gasteiger partial charge in [-0.2, -0.15) is 0 Å². The van der Waals surface area contributed by atoms with E-state index in [0.29, 0.717) is 5.92 Å². The number of hydrogen-bond acceptors (Lipinski definition) is 4. The summed E-state index contributed by atoms with van der Waals surface area (Å²) in [5.41, 5.74) is 4.66. The molecule has 6 rings (SSSR count). The van der Waals surface area contributed by atoms with E-state index >= 15 is 0 Å². The normalized spacial score (nSPS) is 12.6. The lowest BCUT2D eigenvalue weighted by Gasteiger charge is -2.22. The van der Waals surface area contributed by atoms with Crippen LogP contribution in [0.3, 0.4) is 0 Å². The molecule has 34 heavy (non-hydrogen) atoms. The van der Waals surface area contributed by atoms with Crippen LogP contribution in [0.15, 0.2) is 60.9 Å². The van der Waals surface area contributed by atoms with Crippen molar-refractivity contribution in [2.24, 2.45) is 5.92 Å². The zero-order valence-corrected chi connectivity index (χ0v) is 21.9. The maximum atomic E-state index is 4.83. The first-order valence-electron chi connectivity index (χ1n) is 11.9. The van der Waals surface area contributed by atoms with Gasteiger partial charge in [-0.15, -0.1) is 22.7 Å². The lowest BCUT2D eigenvalue weighted by molar-refractivity contribution is 0.596. The number of rotatable bonds is 3. The Morgan fingerprint density at radius 1 is 0.824 bits per heavy atom. The van der Waals surface area contributed by atoms with Crippen LogP contribution in [0.2, 0.25) is 0 Å². The van der Waals surface area contributed by atoms with Gasteiger partial charge in [0.15, 0.2) is 0 Å². The average molecular weight is 481 g/mol. The predicted molar refractivity (Wildman–Crippen MR) is 150 cm³/mol. The Labute approximate surface area is 208 Å². The molecule has 0 saturated carbocycles. The van der Waals surface area contributed by atoms with Crippen molar-refractivity contribution in [2.45, 2.75) is 46.5 Å². The molecule has 170 valence electrons. The molecule has 0 amide bonds. The summed E-state index contributed by atoms with van der Waals surface area (Å²) in [6.45, 7) is 11.4. The Hall–Kier alpha value is -2.82. The van der Waals surface area contributed by atoms with Crippen molar-refractivity contribution < 1.29 is 0 Å². The monoisotopic (exact) mass is 480 g/mol. The van der Waals surface area contributed by atoms with Crippen LogP contribution in [0.4, 0.5) is 0 Å². The van der Waals surface area contributed by atoms with E-state index in [1.807, 2.05) is 22.7 Å². The van der Waals surface area contributed by atoms with E-state index in [-0.39, 0.29) is 5.41 Å². The van der Waals surface area contributed by atoms with E-state index in [1.54, 1.807) is 6.33 Å². The SMILES string of the molecule is CC(C)Cc1cc2c(ccc3c4ncnc(-c5cc(C(C)(C)C)c6ccccc6c5)c4sc23)s1. The fourth-order valence-corrected chi connectivity index (χ4v) is 7.61. The second kappa shape index (κ2) is 7.86. The summed E-state index contributed by atoms with van der Waals surface area (Å²) in [5.74, 6) is 0.661. The Kier molecular flexibility index (Phi) is 5.02. The number of fused-ring (bicyclic) bond motifs is 6. The van der Waals surface area contributed by atoms with Gasteiger partial charge in [0, 0.05) is 30.6 Å². The third kappa shape index (κ3) is 3.52. The van der Waals surface area contributed by atoms with E-state index in [1.165, 1.54) is 51.6 Å². The maximum Gasteiger partial charge on any atom is 0.116 e. The summed E-state index contributed by atoms with van der Waals surface area (Å²) in [5, 5.41) is 5.18. The molecule has 0 aliphatic heterocycles. The minimum atomic E-state index is 0.0393. The van der Waals surface area contributed by atoms with Crippen molar-refractivity contribution in [3.63, 3.8) is 0 Å². The van der Waals surface area contributed by atoms with Gasteiger partial charge in [0.25, 0.3) is 0 Å². The number of hydrogen-bond donors (Lipinski definition) is 0. The van der Waals surface area contributed by atoms with Gasteiger partial charge in [0.1, 0.15) is 6.33 Å². The van der Waals surface area contributed by atoms with Crippen molar-refractivity contribution in [3.8, 4) is 11.3 Å². The van der Waals surface area contributed by atoms with Crippen LogP contribution in [0.25, 0.3) is 52.4 Å². The van der Waals surface area contributed by atoms with E-state index in [2.05, 4.69) is 89.2 Å². The molecule has 0 unspecified atom stereocenters. The van der Waals surface area contributed by atoms with Crippen LogP contribution < -0.4 is 0 Å². The first-order valence-corrected chi connectivity index (χ1v) is 13.5. The number of nitrogens with zero attached hydrogens (tertiary/aromatic N) is 2. The molecule has 6 aromatic rings. The van der Waals surface area contributed by atoms with Crippen molar-refractivity contribution in [3.05, 3.63) is 71.4 Å². The molecule has 0 bridgehead atoms. The highest BCUT2D eigenvalue weighted by Crippen LogP contribution is 2.44. The molecule has 0 aliphatic rings. The molecule has 2 nitrogen and oxygen atoms in total. The molecule has 0 atom stereocenters. The minimum absolute atomic E-state index is 0.0393. The van der Waals surface area contributed by atoms with Crippen LogP contribution in [-0.4, -0.2) is 9.97 Å². The van der Waals surface area contributed by atoms with E-state index in [9.17, 15) is 0 Å². The Morgan fingerprint density at radius 3 is 2.44 bits per heavy atom. The topological polar surface area (TPSA) is 25.8 Å². The highest BCUT2D eigenvalue weighted by atomic mass is 32.1. The fraction of sp³-hybridized carbons (Fsp3) is 0.267. The lowest BCUT2D eigenvalue weighted by Crippen LogP contribution is -2.12. The molecule has 3 heterocycles. The van der Waals surface area contributed by atoms with Gasteiger partial charge in [0.2, 0.25) is 0 Å². The molecule has 0 spiro atoms. The van der Waals surface area contributed by atoms with Crippen molar-refractivity contribution in [1.29, 1.82) is 0 Å². The second-order valence-electron chi connectivity index (χ2n) is 10.7. The van der Waals surface area contributed by atoms with Gasteiger partial charge in [-0.1, -0.05) is 58.9 Å². The first-order chi connectivity index (χ1) is 16.3. The van der Waals surface area contributed by atoms with Crippen LogP contribution in [-0.2, 0) is 11.8 Å². The first kappa shape index (κ1) is 21.7. The minimum Gasteiger partial charge on any atom is -0.235 e. The van der Waals surface area contributed by atoms with Crippen molar-refractivity contribution >= 4 is 63.8 Å². The molecular formula is C30H28N2S2. The highest BCUT2D eigenvalue weighted by Gasteiger charge is 2.21. The largest absolute Gasteiger partial charge is 0.235 e. The molecule has 4 heteroatoms. The van der Waals surface area contributed by atoms with Crippen LogP contribution >= 0.6 is 22.7 Å². The van der Waals surface area contributed by atoms with Gasteiger partial charge in [-0.05, 0) is 64.4 Å². The highest BCUT2D eigenvalue weighted by molar-refractivity contribution is 7.28. The van der Waals surface area contributed by atoms with Crippen molar-refractivity contribution in [1.82, 2.24) is 9.97 Å². The summed E-state index contributed by atoms with van der Waals surface area (Å²) in [4.78, 5) is 11.0. The third-order valence-corrected chi connectivity index (χ3v) is 8.88. The Morgan fingerprint density at radius 2 is 1.65 bits per heavy atom. The average Bonchev–Trinajstić information content (AvgIpc) is 3.37. The molecule has 0 fully saturated rings. The predicted octanol–water partition coefficient (Wildman–Crippen LogP) is 9.38. The molecule has 3 aromatic heterocycles. The van der Waals surface area contributed by atoms with Gasteiger partial charge < -0.3 is 0 Å². The summed E-state index contributed by atoms with van der Waals surface area (Å²) < 4.78 is 3.87. The molecular weight excluding hydrogens is 452 g/mol. The van der Waals surface area contributed by atoms with Gasteiger partial charge >= 0.3 is 0 Å². The zero-order valence-electron chi connectivity index (χ0n) is 20.3. The molecule has 0 saturated heterocycles. The van der Waals surface area contributed by atoms with Gasteiger partial charge in [0.05, 0.1) is 15.9 Å². The van der Waals surface area contributed by atoms with Crippen LogP contribution in [0, 0.1) is 5.92 Å². The number of benzene rings is 3. The maximum absolute atomic E-state index is 4.83. The summed E-state index contributed by atoms with van der Waals surface area (Å²) in [6.07, 6.45) is 2.86. The quantitative estimate of drug-likeness (QED) is 0.252. The summed E-state index contributed by atoms with van der Waals surface area (Å²) >= 11 is 3.77. The molecule has 0 aliphatic carbocycles. The van der Waals surface area contributed by atoms with Gasteiger partial charge in [-0.3, -0.25) is 0 Å². The van der Waals surface area contributed by atoms with E-state index in [4.69, 9.17) is 9.97 Å². The summed E-state index contributed by atoms with van der Waals surface area (Å²) in [7, 11) is 0. The Bertz CT molecular complexity index is 1700. The van der Waals surface area contributed by atoms with Crippen LogP contribution in [0.1, 0.15) is 45.1 Å². The standard InChI is InChI=1S/C30H28N2S2/c1-17(2)12-20-15-23-25(33-20)11-10-22-27-29(34-28(22)23)26(31-16-32-27)19-13-18-8-6-7-9-21(18)24(14-19)30(3,4)5/h6-11,13-17H,12H2,1-5H3. The molecule has 0 radical (unpaired) electrons. The van der Waals surface area contributed by atoms with E-state index in [0.717, 1.165) is 17.6 Å². The smallest absolute Gasteiger partial charge is 0.116 e.